The molecular weight excluding hydrogens is 1420 g/mol. The Hall–Kier alpha value is -11.1. The van der Waals surface area contributed by atoms with E-state index in [1.54, 1.807) is 109 Å². The first kappa shape index (κ1) is 94.0. The molecule has 0 radical (unpaired) electrons. The molecule has 0 aliphatic rings. The molecule has 9 aromatic carbocycles. The first-order valence-corrected chi connectivity index (χ1v) is 25.0. The van der Waals surface area contributed by atoms with Crippen molar-refractivity contribution in [2.45, 2.75) is 0 Å². The Bertz CT molecular complexity index is 2900. The summed E-state index contributed by atoms with van der Waals surface area (Å²) in [6, 6.07) is 100. The van der Waals surface area contributed by atoms with Crippen LogP contribution in [0.3, 0.4) is 0 Å². The summed E-state index contributed by atoms with van der Waals surface area (Å²) < 4.78 is 156. The van der Waals surface area contributed by atoms with E-state index in [0.717, 1.165) is 0 Å². The fraction of sp³-hybridized carbons (Fsp3) is 0. The van der Waals surface area contributed by atoms with Crippen LogP contribution in [-0.2, 0) is 42.1 Å². The molecule has 0 saturated heterocycles. The molecule has 0 heterocycles. The largest absolute Gasteiger partial charge is 2.00 e. The van der Waals surface area contributed by atoms with Gasteiger partial charge in [-0.05, 0) is 109 Å². The molecule has 0 aromatic heterocycles. The number of halogens is 16. The smallest absolute Gasteiger partial charge is 0.418 e. The van der Waals surface area contributed by atoms with Gasteiger partial charge >= 0.3 is 71.1 Å². The molecule has 94 heavy (non-hydrogen) atoms. The molecule has 0 unspecified atom stereocenters. The monoisotopic (exact) mass is 1470 g/mol. The van der Waals surface area contributed by atoms with Crippen LogP contribution >= 0.6 is 0 Å². The van der Waals surface area contributed by atoms with Crippen molar-refractivity contribution in [2.75, 3.05) is 0 Å². The summed E-state index contributed by atoms with van der Waals surface area (Å²) in [5.74, 6) is 0. The number of nitrogens with zero attached hydrogens (tertiary/aromatic N) is 9. The van der Waals surface area contributed by atoms with Gasteiger partial charge in [-0.15, -0.1) is 0 Å². The zero-order chi connectivity index (χ0) is 70.4. The van der Waals surface area contributed by atoms with Gasteiger partial charge in [0.05, 0.1) is 105 Å². The second-order valence-electron chi connectivity index (χ2n) is 15.3. The number of hydrogen-bond donors (Lipinski definition) is 0. The SMILES string of the molecule is F[B-](F)(F)F.F[B-](F)(F)F.F[B-](F)(F)F.F[B-](F)(F)F.N#Cc1ccccc1.N#Cc1ccccc1.N#Cc1ccccc1.N#Cc1ccccc1.N#Cc1ccccc1.N#Cc1ccccc1.N#Cc1ccccc1.N#Cc1ccccc1.N#Cc1ccccc1.[Mo+2].[Mo+2]. The van der Waals surface area contributed by atoms with Crippen LogP contribution in [0.4, 0.5) is 69.1 Å². The van der Waals surface area contributed by atoms with Crippen molar-refractivity contribution in [1.82, 2.24) is 0 Å². The topological polar surface area (TPSA) is 214 Å². The van der Waals surface area contributed by atoms with E-state index < -0.39 is 29.0 Å². The zero-order valence-corrected chi connectivity index (χ0v) is 52.2. The second-order valence-corrected chi connectivity index (χ2v) is 15.3. The first-order valence-electron chi connectivity index (χ1n) is 25.0. The predicted molar refractivity (Wildman–Crippen MR) is 321 cm³/mol. The van der Waals surface area contributed by atoms with Crippen molar-refractivity contribution < 1.29 is 111 Å². The van der Waals surface area contributed by atoms with E-state index in [1.807, 2.05) is 218 Å². The Kier molecular flexibility index (Phi) is 60.8. The molecule has 0 bridgehead atoms. The van der Waals surface area contributed by atoms with E-state index in [4.69, 9.17) is 47.4 Å². The summed E-state index contributed by atoms with van der Waals surface area (Å²) in [4.78, 5) is 0. The van der Waals surface area contributed by atoms with Crippen molar-refractivity contribution >= 4 is 29.0 Å². The maximum Gasteiger partial charge on any atom is 2.00 e. The molecule has 9 nitrogen and oxygen atoms in total. The molecule has 9 rings (SSSR count). The van der Waals surface area contributed by atoms with Crippen LogP contribution in [0.15, 0.2) is 273 Å². The van der Waals surface area contributed by atoms with Crippen LogP contribution in [0.1, 0.15) is 50.1 Å². The molecule has 9 aromatic rings. The average molecular weight is 1470 g/mol. The molecule has 0 saturated carbocycles. The summed E-state index contributed by atoms with van der Waals surface area (Å²) in [5, 5.41) is 74.6. The van der Waals surface area contributed by atoms with Crippen molar-refractivity contribution in [1.29, 1.82) is 47.4 Å². The van der Waals surface area contributed by atoms with Crippen molar-refractivity contribution in [3.05, 3.63) is 323 Å². The maximum absolute atomic E-state index is 9.75. The minimum Gasteiger partial charge on any atom is -0.418 e. The molecule has 478 valence electrons. The van der Waals surface area contributed by atoms with Crippen LogP contribution in [0.5, 0.6) is 0 Å². The Morgan fingerprint density at radius 3 is 0.234 bits per heavy atom. The Balaban J connectivity index is -0.000000224. The van der Waals surface area contributed by atoms with Crippen molar-refractivity contribution in [2.24, 2.45) is 0 Å². The van der Waals surface area contributed by atoms with Gasteiger partial charge in [-0.2, -0.15) is 47.4 Å². The van der Waals surface area contributed by atoms with Crippen LogP contribution in [-0.4, -0.2) is 29.0 Å². The quantitative estimate of drug-likeness (QED) is 0.104. The Morgan fingerprint density at radius 2 is 0.202 bits per heavy atom. The van der Waals surface area contributed by atoms with Gasteiger partial charge in [-0.3, -0.25) is 0 Å². The van der Waals surface area contributed by atoms with E-state index in [-0.39, 0.29) is 42.1 Å². The molecule has 31 heteroatoms. The third kappa shape index (κ3) is 83.0. The number of benzene rings is 9. The van der Waals surface area contributed by atoms with Crippen LogP contribution in [0, 0.1) is 102 Å². The fourth-order valence-corrected chi connectivity index (χ4v) is 4.61. The molecule has 0 amide bonds. The molecule has 0 atom stereocenters. The number of hydrogen-bond acceptors (Lipinski definition) is 9. The number of rotatable bonds is 0. The normalized spacial score (nSPS) is 8.59. The van der Waals surface area contributed by atoms with E-state index >= 15 is 0 Å². The molecule has 0 aliphatic heterocycles. The van der Waals surface area contributed by atoms with E-state index in [1.165, 1.54) is 0 Å². The average Bonchev–Trinajstić information content (AvgIpc) is 3.73. The predicted octanol–water partition coefficient (Wildman–Crippen LogP) is 19.2. The zero-order valence-electron chi connectivity index (χ0n) is 48.2. The van der Waals surface area contributed by atoms with Crippen LogP contribution < -0.4 is 0 Å². The Labute approximate surface area is 562 Å². The fourth-order valence-electron chi connectivity index (χ4n) is 4.61. The first-order chi connectivity index (χ1) is 43.4. The third-order valence-corrected chi connectivity index (χ3v) is 8.13. The second kappa shape index (κ2) is 60.8. The van der Waals surface area contributed by atoms with E-state index in [9.17, 15) is 69.1 Å². The summed E-state index contributed by atoms with van der Waals surface area (Å²) in [6.07, 6.45) is 0. The summed E-state index contributed by atoms with van der Waals surface area (Å²) in [6.45, 7) is 0. The van der Waals surface area contributed by atoms with E-state index in [0.29, 0.717) is 50.1 Å². The van der Waals surface area contributed by atoms with Gasteiger partial charge in [0, 0.05) is 0 Å². The molecular formula is C63H45B4F16Mo2N9. The third-order valence-electron chi connectivity index (χ3n) is 8.13. The van der Waals surface area contributed by atoms with Gasteiger partial charge in [0.2, 0.25) is 0 Å². The number of nitriles is 9. The van der Waals surface area contributed by atoms with Gasteiger partial charge in [0.15, 0.2) is 0 Å². The summed E-state index contributed by atoms with van der Waals surface area (Å²) >= 11 is 0. The maximum atomic E-state index is 9.75. The molecule has 0 spiro atoms. The van der Waals surface area contributed by atoms with E-state index in [2.05, 4.69) is 0 Å². The Morgan fingerprint density at radius 1 is 0.149 bits per heavy atom. The van der Waals surface area contributed by atoms with Gasteiger partial charge < -0.3 is 69.1 Å². The standard InChI is InChI=1S/9C7H5N.4BF4.2Mo/c9*8-6-7-4-2-1-3-5-7;4*2-1(3,4)5;;/h9*1-5H;;;;;;/q;;;;;;;;;4*-1;2*+2. The van der Waals surface area contributed by atoms with Gasteiger partial charge in [0.1, 0.15) is 0 Å². The minimum atomic E-state index is -6.00. The molecule has 0 fully saturated rings. The van der Waals surface area contributed by atoms with Crippen LogP contribution in [0.25, 0.3) is 0 Å². The van der Waals surface area contributed by atoms with Crippen LogP contribution in [0.2, 0.25) is 0 Å². The van der Waals surface area contributed by atoms with Gasteiger partial charge in [-0.25, -0.2) is 0 Å². The van der Waals surface area contributed by atoms with Gasteiger partial charge in [0.25, 0.3) is 0 Å². The molecule has 0 aliphatic carbocycles. The summed E-state index contributed by atoms with van der Waals surface area (Å²) in [7, 11) is -24.0. The summed E-state index contributed by atoms with van der Waals surface area (Å²) in [5.41, 5.74) is 6.44. The van der Waals surface area contributed by atoms with Crippen molar-refractivity contribution in [3.63, 3.8) is 0 Å². The van der Waals surface area contributed by atoms with Crippen molar-refractivity contribution in [3.8, 4) is 54.6 Å². The van der Waals surface area contributed by atoms with Gasteiger partial charge in [-0.1, -0.05) is 164 Å². The molecule has 0 N–H and O–H groups in total. The minimum absolute atomic E-state index is 0.